The Balaban J connectivity index is 1.74. The number of allylic oxidation sites excluding steroid dienone is 1. The van der Waals surface area contributed by atoms with Gasteiger partial charge in [0, 0.05) is 5.92 Å². The summed E-state index contributed by atoms with van der Waals surface area (Å²) in [6.07, 6.45) is 8.67. The van der Waals surface area contributed by atoms with Gasteiger partial charge in [-0.05, 0) is 27.2 Å². The Morgan fingerprint density at radius 3 is 2.86 bits per heavy atom. The van der Waals surface area contributed by atoms with Crippen molar-refractivity contribution in [1.29, 1.82) is 0 Å². The molecule has 2 aromatic heterocycles. The van der Waals surface area contributed by atoms with Gasteiger partial charge >= 0.3 is 0 Å². The number of fused-ring (bicyclic) bond motifs is 1. The van der Waals surface area contributed by atoms with Crippen molar-refractivity contribution < 1.29 is 4.74 Å². The van der Waals surface area contributed by atoms with Crippen LogP contribution < -0.4 is 5.73 Å². The number of rotatable bonds is 3. The van der Waals surface area contributed by atoms with Crippen LogP contribution in [0.15, 0.2) is 24.8 Å². The van der Waals surface area contributed by atoms with E-state index in [-0.39, 0.29) is 11.6 Å². The predicted octanol–water partition coefficient (Wildman–Crippen LogP) is 2.34. The quantitative estimate of drug-likeness (QED) is 0.877. The van der Waals surface area contributed by atoms with Gasteiger partial charge in [-0.25, -0.2) is 15.0 Å². The number of hydrogen-bond acceptors (Lipinski definition) is 5. The SMILES string of the molecule is CC(C)(C)OC[C@@H]1C=C[C@H](n2cnc3c(N)ncnc32)C1. The van der Waals surface area contributed by atoms with Gasteiger partial charge in [0.15, 0.2) is 11.5 Å². The zero-order valence-electron chi connectivity index (χ0n) is 12.7. The van der Waals surface area contributed by atoms with E-state index in [0.717, 1.165) is 18.7 Å². The number of nitrogen functional groups attached to an aromatic ring is 1. The molecule has 0 bridgehead atoms. The highest BCUT2D eigenvalue weighted by atomic mass is 16.5. The Kier molecular flexibility index (Phi) is 3.41. The zero-order chi connectivity index (χ0) is 15.0. The van der Waals surface area contributed by atoms with Gasteiger partial charge in [-0.3, -0.25) is 0 Å². The van der Waals surface area contributed by atoms with Gasteiger partial charge in [0.1, 0.15) is 11.8 Å². The van der Waals surface area contributed by atoms with Crippen LogP contribution in [0.5, 0.6) is 0 Å². The van der Waals surface area contributed by atoms with Crippen LogP contribution in [0, 0.1) is 5.92 Å². The Morgan fingerprint density at radius 1 is 1.29 bits per heavy atom. The molecule has 0 spiro atoms. The van der Waals surface area contributed by atoms with Gasteiger partial charge in [-0.2, -0.15) is 0 Å². The lowest BCUT2D eigenvalue weighted by molar-refractivity contribution is -0.0160. The minimum absolute atomic E-state index is 0.102. The molecule has 3 rings (SSSR count). The largest absolute Gasteiger partial charge is 0.382 e. The summed E-state index contributed by atoms with van der Waals surface area (Å²) in [5, 5.41) is 0. The highest BCUT2D eigenvalue weighted by Crippen LogP contribution is 2.31. The molecular formula is C15H21N5O. The third-order valence-corrected chi connectivity index (χ3v) is 3.62. The molecule has 0 fully saturated rings. The molecule has 0 aliphatic heterocycles. The smallest absolute Gasteiger partial charge is 0.165 e. The topological polar surface area (TPSA) is 78.9 Å². The van der Waals surface area contributed by atoms with E-state index in [4.69, 9.17) is 10.5 Å². The fourth-order valence-electron chi connectivity index (χ4n) is 2.55. The van der Waals surface area contributed by atoms with Crippen LogP contribution in [0.3, 0.4) is 0 Å². The molecule has 2 heterocycles. The van der Waals surface area contributed by atoms with Crippen LogP contribution in [-0.4, -0.2) is 31.7 Å². The lowest BCUT2D eigenvalue weighted by Gasteiger charge is -2.22. The first-order valence-electron chi connectivity index (χ1n) is 7.19. The minimum atomic E-state index is -0.102. The average Bonchev–Trinajstić information content (AvgIpc) is 3.02. The highest BCUT2D eigenvalue weighted by molar-refractivity contribution is 5.81. The first-order valence-corrected chi connectivity index (χ1v) is 7.19. The zero-order valence-corrected chi connectivity index (χ0v) is 12.7. The Morgan fingerprint density at radius 2 is 2.10 bits per heavy atom. The second-order valence-electron chi connectivity index (χ2n) is 6.45. The van der Waals surface area contributed by atoms with Gasteiger partial charge < -0.3 is 15.0 Å². The molecule has 2 N–H and O–H groups in total. The second kappa shape index (κ2) is 5.11. The first kappa shape index (κ1) is 14.0. The van der Waals surface area contributed by atoms with E-state index < -0.39 is 0 Å². The summed E-state index contributed by atoms with van der Waals surface area (Å²) in [5.41, 5.74) is 7.18. The number of nitrogens with two attached hydrogens (primary N) is 1. The average molecular weight is 287 g/mol. The van der Waals surface area contributed by atoms with Gasteiger partial charge in [-0.15, -0.1) is 0 Å². The van der Waals surface area contributed by atoms with Crippen LogP contribution in [0.4, 0.5) is 5.82 Å². The summed E-state index contributed by atoms with van der Waals surface area (Å²) in [6.45, 7) is 6.96. The molecule has 0 saturated heterocycles. The third-order valence-electron chi connectivity index (χ3n) is 3.62. The summed E-state index contributed by atoms with van der Waals surface area (Å²) in [7, 11) is 0. The molecule has 1 aliphatic rings. The normalized spacial score (nSPS) is 22.2. The molecule has 21 heavy (non-hydrogen) atoms. The van der Waals surface area contributed by atoms with E-state index in [2.05, 4.69) is 52.4 Å². The van der Waals surface area contributed by atoms with E-state index >= 15 is 0 Å². The van der Waals surface area contributed by atoms with Gasteiger partial charge in [0.05, 0.1) is 24.6 Å². The molecule has 0 aromatic carbocycles. The molecule has 112 valence electrons. The van der Waals surface area contributed by atoms with Crippen LogP contribution >= 0.6 is 0 Å². The summed E-state index contributed by atoms with van der Waals surface area (Å²) < 4.78 is 7.92. The van der Waals surface area contributed by atoms with Gasteiger partial charge in [0.25, 0.3) is 0 Å². The summed E-state index contributed by atoms with van der Waals surface area (Å²) in [4.78, 5) is 12.6. The van der Waals surface area contributed by atoms with E-state index in [1.54, 1.807) is 6.33 Å². The summed E-state index contributed by atoms with van der Waals surface area (Å²) in [6, 6.07) is 0.248. The lowest BCUT2D eigenvalue weighted by Crippen LogP contribution is -2.22. The summed E-state index contributed by atoms with van der Waals surface area (Å²) in [5.74, 6) is 0.846. The number of hydrogen-bond donors (Lipinski definition) is 1. The van der Waals surface area contributed by atoms with Crippen molar-refractivity contribution in [1.82, 2.24) is 19.5 Å². The molecule has 0 unspecified atom stereocenters. The lowest BCUT2D eigenvalue weighted by atomic mass is 10.1. The second-order valence-corrected chi connectivity index (χ2v) is 6.45. The molecule has 0 saturated carbocycles. The third kappa shape index (κ3) is 2.90. The fourth-order valence-corrected chi connectivity index (χ4v) is 2.55. The number of ether oxygens (including phenoxy) is 1. The molecular weight excluding hydrogens is 266 g/mol. The molecule has 1 aliphatic carbocycles. The number of aromatic nitrogens is 4. The standard InChI is InChI=1S/C15H21N5O/c1-15(2,3)21-7-10-4-5-11(6-10)20-9-19-12-13(16)17-8-18-14(12)20/h4-5,8-11H,6-7H2,1-3H3,(H2,16,17,18)/t10-,11+/m1/s1. The van der Waals surface area contributed by atoms with E-state index in [0.29, 0.717) is 17.3 Å². The van der Waals surface area contributed by atoms with Crippen molar-refractivity contribution in [2.45, 2.75) is 38.8 Å². The van der Waals surface area contributed by atoms with Gasteiger partial charge in [0.2, 0.25) is 0 Å². The first-order chi connectivity index (χ1) is 9.94. The maximum absolute atomic E-state index is 5.86. The summed E-state index contributed by atoms with van der Waals surface area (Å²) >= 11 is 0. The fraction of sp³-hybridized carbons (Fsp3) is 0.533. The molecule has 6 heteroatoms. The van der Waals surface area contributed by atoms with Crippen LogP contribution in [-0.2, 0) is 4.74 Å². The molecule has 0 radical (unpaired) electrons. The van der Waals surface area contributed by atoms with Gasteiger partial charge in [-0.1, -0.05) is 12.2 Å². The minimum Gasteiger partial charge on any atom is -0.382 e. The molecule has 6 nitrogen and oxygen atoms in total. The van der Waals surface area contributed by atoms with Crippen molar-refractivity contribution in [2.75, 3.05) is 12.3 Å². The van der Waals surface area contributed by atoms with Crippen molar-refractivity contribution in [3.63, 3.8) is 0 Å². The maximum Gasteiger partial charge on any atom is 0.165 e. The van der Waals surface area contributed by atoms with E-state index in [1.807, 2.05) is 0 Å². The molecule has 2 aromatic rings. The van der Waals surface area contributed by atoms with Crippen LogP contribution in [0.1, 0.15) is 33.2 Å². The number of nitrogens with zero attached hydrogens (tertiary/aromatic N) is 4. The monoisotopic (exact) mass is 287 g/mol. The van der Waals surface area contributed by atoms with Crippen molar-refractivity contribution >= 4 is 17.0 Å². The Hall–Kier alpha value is -1.95. The molecule has 2 atom stereocenters. The van der Waals surface area contributed by atoms with Crippen molar-refractivity contribution in [3.8, 4) is 0 Å². The van der Waals surface area contributed by atoms with E-state index in [1.165, 1.54) is 6.33 Å². The number of anilines is 1. The van der Waals surface area contributed by atoms with Crippen LogP contribution in [0.25, 0.3) is 11.2 Å². The predicted molar refractivity (Wildman–Crippen MR) is 81.7 cm³/mol. The maximum atomic E-state index is 5.86. The van der Waals surface area contributed by atoms with E-state index in [9.17, 15) is 0 Å². The van der Waals surface area contributed by atoms with Crippen molar-refractivity contribution in [3.05, 3.63) is 24.8 Å². The number of imidazole rings is 1. The van der Waals surface area contributed by atoms with Crippen LogP contribution in [0.2, 0.25) is 0 Å². The molecule has 0 amide bonds. The Labute approximate surface area is 124 Å². The Bertz CT molecular complexity index is 670. The highest BCUT2D eigenvalue weighted by Gasteiger charge is 2.24. The van der Waals surface area contributed by atoms with Crippen molar-refractivity contribution in [2.24, 2.45) is 5.92 Å².